The van der Waals surface area contributed by atoms with E-state index in [1.807, 2.05) is 0 Å². The average Bonchev–Trinajstić information content (AvgIpc) is 2.77. The van der Waals surface area contributed by atoms with Crippen molar-refractivity contribution in [1.29, 1.82) is 0 Å². The largest absolute Gasteiger partial charge is 0.353 e. The molecule has 92 valence electrons. The highest BCUT2D eigenvalue weighted by Gasteiger charge is 2.36. The van der Waals surface area contributed by atoms with E-state index in [-0.39, 0.29) is 5.91 Å². The standard InChI is InChI=1S/C12H23N3O/c1-3-9(2)14-12(16)8-15-6-10-4-13-5-11(10)7-15/h9-11,13H,3-8H2,1-2H3,(H,14,16). The predicted molar refractivity (Wildman–Crippen MR) is 64.2 cm³/mol. The lowest BCUT2D eigenvalue weighted by Gasteiger charge is -2.18. The normalized spacial score (nSPS) is 31.4. The van der Waals surface area contributed by atoms with Gasteiger partial charge in [-0.2, -0.15) is 0 Å². The van der Waals surface area contributed by atoms with Crippen molar-refractivity contribution < 1.29 is 4.79 Å². The number of fused-ring (bicyclic) bond motifs is 1. The van der Waals surface area contributed by atoms with Crippen LogP contribution < -0.4 is 10.6 Å². The van der Waals surface area contributed by atoms with Gasteiger partial charge in [-0.3, -0.25) is 9.69 Å². The Morgan fingerprint density at radius 2 is 2.06 bits per heavy atom. The highest BCUT2D eigenvalue weighted by molar-refractivity contribution is 5.78. The first-order valence-electron chi connectivity index (χ1n) is 6.41. The molecule has 0 aromatic carbocycles. The summed E-state index contributed by atoms with van der Waals surface area (Å²) >= 11 is 0. The molecule has 2 aliphatic rings. The number of rotatable bonds is 4. The molecule has 16 heavy (non-hydrogen) atoms. The Labute approximate surface area is 97.8 Å². The SMILES string of the molecule is CCC(C)NC(=O)CN1CC2CNCC2C1. The molecule has 2 rings (SSSR count). The van der Waals surface area contributed by atoms with Gasteiger partial charge in [-0.25, -0.2) is 0 Å². The van der Waals surface area contributed by atoms with Crippen LogP contribution in [-0.4, -0.2) is 49.6 Å². The maximum atomic E-state index is 11.7. The molecular weight excluding hydrogens is 202 g/mol. The minimum Gasteiger partial charge on any atom is -0.353 e. The third-order valence-electron chi connectivity index (χ3n) is 3.85. The molecule has 0 aliphatic carbocycles. The lowest BCUT2D eigenvalue weighted by atomic mass is 10.0. The fraction of sp³-hybridized carbons (Fsp3) is 0.917. The summed E-state index contributed by atoms with van der Waals surface area (Å²) in [6, 6.07) is 0.302. The van der Waals surface area contributed by atoms with Crippen LogP contribution >= 0.6 is 0 Å². The quantitative estimate of drug-likeness (QED) is 0.711. The smallest absolute Gasteiger partial charge is 0.234 e. The summed E-state index contributed by atoms with van der Waals surface area (Å²) in [6.07, 6.45) is 1.00. The zero-order valence-corrected chi connectivity index (χ0v) is 10.3. The first-order chi connectivity index (χ1) is 7.69. The molecule has 2 aliphatic heterocycles. The summed E-state index contributed by atoms with van der Waals surface area (Å²) in [7, 11) is 0. The van der Waals surface area contributed by atoms with E-state index in [1.165, 1.54) is 0 Å². The molecule has 3 unspecified atom stereocenters. The number of nitrogens with one attached hydrogen (secondary N) is 2. The molecule has 0 bridgehead atoms. The summed E-state index contributed by atoms with van der Waals surface area (Å²) in [5.74, 6) is 1.73. The van der Waals surface area contributed by atoms with E-state index in [0.29, 0.717) is 12.6 Å². The van der Waals surface area contributed by atoms with E-state index in [1.54, 1.807) is 0 Å². The van der Waals surface area contributed by atoms with Crippen molar-refractivity contribution in [3.05, 3.63) is 0 Å². The molecule has 2 saturated heterocycles. The summed E-state index contributed by atoms with van der Waals surface area (Å²) in [5.41, 5.74) is 0. The second-order valence-corrected chi connectivity index (χ2v) is 5.25. The van der Waals surface area contributed by atoms with E-state index in [9.17, 15) is 4.79 Å². The molecular formula is C12H23N3O. The number of hydrogen-bond acceptors (Lipinski definition) is 3. The summed E-state index contributed by atoms with van der Waals surface area (Å²) in [4.78, 5) is 14.0. The van der Waals surface area contributed by atoms with E-state index in [4.69, 9.17) is 0 Å². The molecule has 1 amide bonds. The maximum absolute atomic E-state index is 11.7. The lowest BCUT2D eigenvalue weighted by Crippen LogP contribution is -2.40. The first-order valence-corrected chi connectivity index (χ1v) is 6.41. The monoisotopic (exact) mass is 225 g/mol. The van der Waals surface area contributed by atoms with Gasteiger partial charge < -0.3 is 10.6 Å². The number of carbonyl (C=O) groups is 1. The van der Waals surface area contributed by atoms with E-state index in [0.717, 1.165) is 44.4 Å². The number of nitrogens with zero attached hydrogens (tertiary/aromatic N) is 1. The van der Waals surface area contributed by atoms with Gasteiger partial charge in [-0.05, 0) is 38.3 Å². The molecule has 3 atom stereocenters. The lowest BCUT2D eigenvalue weighted by molar-refractivity contribution is -0.122. The van der Waals surface area contributed by atoms with E-state index >= 15 is 0 Å². The third kappa shape index (κ3) is 2.74. The Morgan fingerprint density at radius 3 is 2.62 bits per heavy atom. The highest BCUT2D eigenvalue weighted by Crippen LogP contribution is 2.25. The van der Waals surface area contributed by atoms with Crippen LogP contribution in [0.3, 0.4) is 0 Å². The van der Waals surface area contributed by atoms with Crippen molar-refractivity contribution in [2.24, 2.45) is 11.8 Å². The van der Waals surface area contributed by atoms with Crippen LogP contribution in [0.4, 0.5) is 0 Å². The number of hydrogen-bond donors (Lipinski definition) is 2. The first kappa shape index (κ1) is 11.9. The number of carbonyl (C=O) groups excluding carboxylic acids is 1. The summed E-state index contributed by atoms with van der Waals surface area (Å²) in [6.45, 7) is 9.17. The maximum Gasteiger partial charge on any atom is 0.234 e. The fourth-order valence-corrected chi connectivity index (χ4v) is 2.71. The molecule has 2 heterocycles. The van der Waals surface area contributed by atoms with Crippen LogP contribution in [-0.2, 0) is 4.79 Å². The third-order valence-corrected chi connectivity index (χ3v) is 3.85. The molecule has 4 heteroatoms. The molecule has 0 radical (unpaired) electrons. The highest BCUT2D eigenvalue weighted by atomic mass is 16.2. The molecule has 2 N–H and O–H groups in total. The summed E-state index contributed by atoms with van der Waals surface area (Å²) in [5, 5.41) is 6.44. The van der Waals surface area contributed by atoms with Crippen LogP contribution in [0.15, 0.2) is 0 Å². The van der Waals surface area contributed by atoms with Gasteiger partial charge in [-0.1, -0.05) is 6.92 Å². The molecule has 4 nitrogen and oxygen atoms in total. The molecule has 0 spiro atoms. The van der Waals surface area contributed by atoms with Crippen molar-refractivity contribution in [3.63, 3.8) is 0 Å². The van der Waals surface area contributed by atoms with Gasteiger partial charge in [0.1, 0.15) is 0 Å². The van der Waals surface area contributed by atoms with Gasteiger partial charge in [0.15, 0.2) is 0 Å². The van der Waals surface area contributed by atoms with Crippen molar-refractivity contribution in [3.8, 4) is 0 Å². The van der Waals surface area contributed by atoms with Gasteiger partial charge in [0.2, 0.25) is 5.91 Å². The molecule has 0 aromatic rings. The van der Waals surface area contributed by atoms with Gasteiger partial charge >= 0.3 is 0 Å². The fourth-order valence-electron chi connectivity index (χ4n) is 2.71. The van der Waals surface area contributed by atoms with E-state index in [2.05, 4.69) is 29.4 Å². The predicted octanol–water partition coefficient (Wildman–Crippen LogP) is 0.0523. The van der Waals surface area contributed by atoms with Crippen LogP contribution in [0, 0.1) is 11.8 Å². The van der Waals surface area contributed by atoms with Crippen LogP contribution in [0.1, 0.15) is 20.3 Å². The van der Waals surface area contributed by atoms with Gasteiger partial charge in [-0.15, -0.1) is 0 Å². The van der Waals surface area contributed by atoms with E-state index < -0.39 is 0 Å². The second kappa shape index (κ2) is 5.15. The van der Waals surface area contributed by atoms with Crippen molar-refractivity contribution in [2.75, 3.05) is 32.7 Å². The van der Waals surface area contributed by atoms with Crippen LogP contribution in [0.5, 0.6) is 0 Å². The number of likely N-dealkylation sites (tertiary alicyclic amines) is 1. The Balaban J connectivity index is 1.72. The van der Waals surface area contributed by atoms with Crippen molar-refractivity contribution in [2.45, 2.75) is 26.3 Å². The second-order valence-electron chi connectivity index (χ2n) is 5.25. The zero-order chi connectivity index (χ0) is 11.5. The minimum absolute atomic E-state index is 0.183. The van der Waals surface area contributed by atoms with Crippen LogP contribution in [0.2, 0.25) is 0 Å². The van der Waals surface area contributed by atoms with Gasteiger partial charge in [0, 0.05) is 19.1 Å². The average molecular weight is 225 g/mol. The zero-order valence-electron chi connectivity index (χ0n) is 10.3. The van der Waals surface area contributed by atoms with Crippen molar-refractivity contribution in [1.82, 2.24) is 15.5 Å². The molecule has 2 fully saturated rings. The summed E-state index contributed by atoms with van der Waals surface area (Å²) < 4.78 is 0. The molecule has 0 aromatic heterocycles. The Bertz CT molecular complexity index is 245. The number of amides is 1. The Kier molecular flexibility index (Phi) is 3.82. The Hall–Kier alpha value is -0.610. The van der Waals surface area contributed by atoms with Crippen LogP contribution in [0.25, 0.3) is 0 Å². The molecule has 0 saturated carbocycles. The minimum atomic E-state index is 0.183. The van der Waals surface area contributed by atoms with Gasteiger partial charge in [0.05, 0.1) is 6.54 Å². The van der Waals surface area contributed by atoms with Gasteiger partial charge in [0.25, 0.3) is 0 Å². The van der Waals surface area contributed by atoms with Crippen molar-refractivity contribution >= 4 is 5.91 Å². The Morgan fingerprint density at radius 1 is 1.44 bits per heavy atom. The topological polar surface area (TPSA) is 44.4 Å².